The van der Waals surface area contributed by atoms with Gasteiger partial charge < -0.3 is 20.5 Å². The number of nitrogens with zero attached hydrogens (tertiary/aromatic N) is 2. The zero-order valence-corrected chi connectivity index (χ0v) is 16.9. The number of benzene rings is 2. The molecule has 0 bridgehead atoms. The Morgan fingerprint density at radius 2 is 1.87 bits per heavy atom. The monoisotopic (exact) mass is 430 g/mol. The van der Waals surface area contributed by atoms with Crippen LogP contribution in [0.4, 0.5) is 15.8 Å². The molecule has 3 N–H and O–H groups in total. The Kier molecular flexibility index (Phi) is 5.49. The largest absolute Gasteiger partial charge is 0.486 e. The van der Waals surface area contributed by atoms with Gasteiger partial charge in [0.1, 0.15) is 30.8 Å². The van der Waals surface area contributed by atoms with Crippen LogP contribution in [0, 0.1) is 5.82 Å². The Bertz CT molecular complexity index is 1030. The van der Waals surface area contributed by atoms with Gasteiger partial charge in [0, 0.05) is 17.4 Å². The molecule has 0 aromatic heterocycles. The molecule has 1 atom stereocenters. The molecular weight excluding hydrogens is 411 g/mol. The molecule has 2 amide bonds. The summed E-state index contributed by atoms with van der Waals surface area (Å²) in [6.07, 6.45) is 1.92. The van der Waals surface area contributed by atoms with Crippen molar-refractivity contribution in [2.75, 3.05) is 29.8 Å². The second-order valence-corrected chi connectivity index (χ2v) is 7.49. The van der Waals surface area contributed by atoms with Crippen molar-refractivity contribution in [3.8, 4) is 11.5 Å². The van der Waals surface area contributed by atoms with Crippen LogP contribution in [0.2, 0.25) is 0 Å². The summed E-state index contributed by atoms with van der Waals surface area (Å²) in [5.74, 6) is -0.338. The summed E-state index contributed by atoms with van der Waals surface area (Å²) < 4.78 is 24.4. The highest BCUT2D eigenvalue weighted by Gasteiger charge is 2.35. The third-order valence-corrected chi connectivity index (χ3v) is 5.48. The number of ether oxygens (including phenoxy) is 2. The molecule has 0 saturated carbocycles. The lowest BCUT2D eigenvalue weighted by molar-refractivity contribution is -0.119. The summed E-state index contributed by atoms with van der Waals surface area (Å²) in [7, 11) is 0. The van der Waals surface area contributed by atoms with E-state index in [1.54, 1.807) is 6.07 Å². The highest BCUT2D eigenvalue weighted by Crippen LogP contribution is 2.39. The molecule has 0 fully saturated rings. The second kappa shape index (κ2) is 8.23. The van der Waals surface area contributed by atoms with Gasteiger partial charge in [-0.15, -0.1) is 11.8 Å². The van der Waals surface area contributed by atoms with E-state index < -0.39 is 23.7 Å². The van der Waals surface area contributed by atoms with Crippen LogP contribution >= 0.6 is 11.8 Å². The van der Waals surface area contributed by atoms with Gasteiger partial charge in [-0.05, 0) is 36.6 Å². The topological polar surface area (TPSA) is 106 Å². The van der Waals surface area contributed by atoms with Gasteiger partial charge in [0.15, 0.2) is 11.5 Å². The van der Waals surface area contributed by atoms with E-state index in [9.17, 15) is 14.0 Å². The van der Waals surface area contributed by atoms with Crippen molar-refractivity contribution < 1.29 is 23.5 Å². The first-order valence-corrected chi connectivity index (χ1v) is 10.4. The van der Waals surface area contributed by atoms with Crippen LogP contribution < -0.4 is 25.5 Å². The van der Waals surface area contributed by atoms with E-state index in [0.717, 1.165) is 4.90 Å². The number of hydrogen-bond donors (Lipinski definition) is 2. The Hall–Kier alpha value is -3.27. The van der Waals surface area contributed by atoms with Crippen LogP contribution in [0.5, 0.6) is 11.5 Å². The van der Waals surface area contributed by atoms with Crippen LogP contribution in [0.1, 0.15) is 6.42 Å². The maximum atomic E-state index is 13.2. The fourth-order valence-corrected chi connectivity index (χ4v) is 3.79. The number of halogens is 1. The molecule has 0 saturated heterocycles. The number of rotatable bonds is 5. The third-order valence-electron chi connectivity index (χ3n) is 4.70. The number of carbonyl (C=O) groups excluding carboxylic acids is 2. The van der Waals surface area contributed by atoms with Gasteiger partial charge in [0.05, 0.1) is 11.4 Å². The van der Waals surface area contributed by atoms with Gasteiger partial charge in [0.2, 0.25) is 5.91 Å². The average molecular weight is 430 g/mol. The number of nitrogens with two attached hydrogens (primary N) is 1. The van der Waals surface area contributed by atoms with Gasteiger partial charge in [-0.2, -0.15) is 5.10 Å². The quantitative estimate of drug-likeness (QED) is 0.706. The minimum Gasteiger partial charge on any atom is -0.486 e. The maximum absolute atomic E-state index is 13.2. The zero-order chi connectivity index (χ0) is 21.3. The van der Waals surface area contributed by atoms with Crippen molar-refractivity contribution in [3.63, 3.8) is 0 Å². The van der Waals surface area contributed by atoms with Gasteiger partial charge in [-0.25, -0.2) is 4.39 Å². The first-order chi connectivity index (χ1) is 14.5. The highest BCUT2D eigenvalue weighted by molar-refractivity contribution is 7.98. The number of amides is 2. The van der Waals surface area contributed by atoms with E-state index in [1.807, 2.05) is 12.3 Å². The normalized spacial score (nSPS) is 17.5. The molecule has 156 valence electrons. The van der Waals surface area contributed by atoms with E-state index in [-0.39, 0.29) is 12.1 Å². The third kappa shape index (κ3) is 3.90. The van der Waals surface area contributed by atoms with Crippen LogP contribution in [-0.2, 0) is 9.59 Å². The fraction of sp³-hybridized carbons (Fsp3) is 0.250. The molecule has 1 unspecified atom stereocenters. The molecule has 2 aromatic carbocycles. The summed E-state index contributed by atoms with van der Waals surface area (Å²) in [5, 5.41) is 8.45. The molecule has 0 spiro atoms. The van der Waals surface area contributed by atoms with Crippen molar-refractivity contribution in [3.05, 3.63) is 42.2 Å². The summed E-state index contributed by atoms with van der Waals surface area (Å²) in [5.41, 5.74) is 6.66. The predicted octanol–water partition coefficient (Wildman–Crippen LogP) is 2.38. The maximum Gasteiger partial charge on any atom is 0.271 e. The van der Waals surface area contributed by atoms with Crippen LogP contribution in [0.3, 0.4) is 0 Å². The van der Waals surface area contributed by atoms with Crippen molar-refractivity contribution in [2.24, 2.45) is 10.8 Å². The molecule has 4 rings (SSSR count). The van der Waals surface area contributed by atoms with E-state index >= 15 is 0 Å². The molecule has 0 radical (unpaired) electrons. The number of primary amides is 1. The number of thioether (sulfide) groups is 1. The lowest BCUT2D eigenvalue weighted by Crippen LogP contribution is -2.39. The fourth-order valence-electron chi connectivity index (χ4n) is 3.23. The first-order valence-electron chi connectivity index (χ1n) is 9.17. The zero-order valence-electron chi connectivity index (χ0n) is 16.1. The minimum atomic E-state index is -0.837. The Labute approximate surface area is 176 Å². The molecule has 10 heteroatoms. The average Bonchev–Trinajstić information content (AvgIpc) is 3.20. The van der Waals surface area contributed by atoms with Crippen LogP contribution in [-0.4, -0.2) is 43.0 Å². The van der Waals surface area contributed by atoms with Crippen LogP contribution in [0.25, 0.3) is 0 Å². The number of hydrazone groups is 1. The van der Waals surface area contributed by atoms with Crippen molar-refractivity contribution in [1.29, 1.82) is 0 Å². The van der Waals surface area contributed by atoms with Gasteiger partial charge >= 0.3 is 0 Å². The van der Waals surface area contributed by atoms with Gasteiger partial charge in [-0.1, -0.05) is 0 Å². The van der Waals surface area contributed by atoms with Crippen molar-refractivity contribution in [1.82, 2.24) is 0 Å². The summed E-state index contributed by atoms with van der Waals surface area (Å²) in [6, 6.07) is 8.13. The summed E-state index contributed by atoms with van der Waals surface area (Å²) in [6.45, 7) is 0.899. The lowest BCUT2D eigenvalue weighted by atomic mass is 10.1. The lowest BCUT2D eigenvalue weighted by Gasteiger charge is -2.20. The summed E-state index contributed by atoms with van der Waals surface area (Å²) in [4.78, 5) is 25.6. The Morgan fingerprint density at radius 3 is 2.50 bits per heavy atom. The SMILES string of the molecule is CSc1cc2c(cc1NC(=O)C1=NN(c3ccc(F)cc3)C(C(N)=O)C1)OCCO2. The van der Waals surface area contributed by atoms with Gasteiger partial charge in [-0.3, -0.25) is 14.6 Å². The number of fused-ring (bicyclic) bond motifs is 1. The minimum absolute atomic E-state index is 0.0394. The molecule has 2 aliphatic rings. The number of hydrogen-bond acceptors (Lipinski definition) is 7. The Morgan fingerprint density at radius 1 is 1.20 bits per heavy atom. The van der Waals surface area contributed by atoms with Crippen LogP contribution in [0.15, 0.2) is 46.4 Å². The Balaban J connectivity index is 1.59. The smallest absolute Gasteiger partial charge is 0.271 e. The second-order valence-electron chi connectivity index (χ2n) is 6.64. The molecule has 2 aliphatic heterocycles. The summed E-state index contributed by atoms with van der Waals surface area (Å²) >= 11 is 1.45. The van der Waals surface area contributed by atoms with E-state index in [0.29, 0.717) is 36.1 Å². The van der Waals surface area contributed by atoms with E-state index in [4.69, 9.17) is 15.2 Å². The number of anilines is 2. The molecule has 30 heavy (non-hydrogen) atoms. The highest BCUT2D eigenvalue weighted by atomic mass is 32.2. The van der Waals surface area contributed by atoms with E-state index in [1.165, 1.54) is 41.0 Å². The molecular formula is C20H19FN4O4S. The van der Waals surface area contributed by atoms with Crippen molar-refractivity contribution >= 4 is 40.7 Å². The number of carbonyl (C=O) groups is 2. The molecule has 8 nitrogen and oxygen atoms in total. The van der Waals surface area contributed by atoms with Gasteiger partial charge in [0.25, 0.3) is 5.91 Å². The van der Waals surface area contributed by atoms with E-state index in [2.05, 4.69) is 10.4 Å². The standard InChI is InChI=1S/C20H19FN4O4S/c1-30-18-10-17-16(28-6-7-29-17)9-13(18)23-20(27)14-8-15(19(22)26)25(24-14)12-4-2-11(21)3-5-12/h2-5,9-10,15H,6-8H2,1H3,(H2,22,26)(H,23,27). The van der Waals surface area contributed by atoms with Crippen molar-refractivity contribution in [2.45, 2.75) is 17.4 Å². The molecule has 0 aliphatic carbocycles. The molecule has 2 aromatic rings. The first kappa shape index (κ1) is 20.0. The predicted molar refractivity (Wildman–Crippen MR) is 112 cm³/mol. The number of nitrogens with one attached hydrogen (secondary N) is 1. The molecule has 2 heterocycles.